The highest BCUT2D eigenvalue weighted by atomic mass is 16.1. The molecule has 1 saturated carbocycles. The second-order valence-electron chi connectivity index (χ2n) is 9.29. The molecule has 3 N–H and O–H groups in total. The van der Waals surface area contributed by atoms with Crippen LogP contribution in [0.1, 0.15) is 31.5 Å². The Labute approximate surface area is 203 Å². The van der Waals surface area contributed by atoms with Gasteiger partial charge in [0.25, 0.3) is 0 Å². The average molecular weight is 463 g/mol. The summed E-state index contributed by atoms with van der Waals surface area (Å²) in [4.78, 5) is 25.6. The molecule has 7 heteroatoms. The Balaban J connectivity index is 1.39. The van der Waals surface area contributed by atoms with Gasteiger partial charge in [-0.3, -0.25) is 9.20 Å². The first kappa shape index (κ1) is 21.3. The van der Waals surface area contributed by atoms with Crippen molar-refractivity contribution < 1.29 is 4.79 Å². The molecule has 3 aromatic heterocycles. The number of carbonyl (C=O) groups excluding carboxylic acids is 1. The third-order valence-electron chi connectivity index (χ3n) is 6.89. The lowest BCUT2D eigenvalue weighted by molar-refractivity contribution is -0.119. The van der Waals surface area contributed by atoms with Gasteiger partial charge in [-0.15, -0.1) is 0 Å². The van der Waals surface area contributed by atoms with E-state index in [1.54, 1.807) is 13.1 Å². The van der Waals surface area contributed by atoms with Gasteiger partial charge in [0, 0.05) is 48.3 Å². The van der Waals surface area contributed by atoms with Crippen LogP contribution in [0.3, 0.4) is 0 Å². The summed E-state index contributed by atoms with van der Waals surface area (Å²) in [5, 5.41) is 4.00. The summed E-state index contributed by atoms with van der Waals surface area (Å²) in [6.45, 7) is 2.27. The van der Waals surface area contributed by atoms with Gasteiger partial charge in [0.1, 0.15) is 22.9 Å². The Morgan fingerprint density at radius 2 is 1.86 bits per heavy atom. The maximum absolute atomic E-state index is 11.3. The first-order valence-electron chi connectivity index (χ1n) is 11.9. The van der Waals surface area contributed by atoms with Crippen molar-refractivity contribution in [3.05, 3.63) is 78.9 Å². The molecule has 2 aromatic carbocycles. The third kappa shape index (κ3) is 3.89. The fourth-order valence-corrected chi connectivity index (χ4v) is 5.01. The fraction of sp³-hybridized carbons (Fsp3) is 0.214. The van der Waals surface area contributed by atoms with Gasteiger partial charge in [0.2, 0.25) is 5.91 Å². The second-order valence-corrected chi connectivity index (χ2v) is 9.29. The highest BCUT2D eigenvalue weighted by Crippen LogP contribution is 2.43. The fourth-order valence-electron chi connectivity index (χ4n) is 5.01. The van der Waals surface area contributed by atoms with Crippen molar-refractivity contribution in [3.8, 4) is 22.5 Å². The summed E-state index contributed by atoms with van der Waals surface area (Å²) in [6.07, 6.45) is 5.63. The van der Waals surface area contributed by atoms with Gasteiger partial charge in [-0.05, 0) is 30.9 Å². The molecule has 0 bridgehead atoms. The van der Waals surface area contributed by atoms with Crippen LogP contribution in [0, 0.1) is 5.92 Å². The number of amides is 1. The van der Waals surface area contributed by atoms with Crippen LogP contribution in [0.4, 0.5) is 5.82 Å². The predicted molar refractivity (Wildman–Crippen MR) is 138 cm³/mol. The molecule has 1 amide bonds. The third-order valence-corrected chi connectivity index (χ3v) is 6.89. The van der Waals surface area contributed by atoms with E-state index in [1.165, 1.54) is 0 Å². The van der Waals surface area contributed by atoms with Crippen molar-refractivity contribution in [2.75, 3.05) is 12.3 Å². The molecule has 1 fully saturated rings. The van der Waals surface area contributed by atoms with E-state index >= 15 is 0 Å². The van der Waals surface area contributed by atoms with E-state index in [9.17, 15) is 4.79 Å². The number of nitrogens with one attached hydrogen (secondary N) is 1. The normalized spacial score (nSPS) is 17.4. The Morgan fingerprint density at radius 3 is 2.66 bits per heavy atom. The van der Waals surface area contributed by atoms with Crippen LogP contribution < -0.4 is 11.1 Å². The molecule has 0 spiro atoms. The maximum atomic E-state index is 11.3. The molecule has 35 heavy (non-hydrogen) atoms. The largest absolute Gasteiger partial charge is 0.382 e. The summed E-state index contributed by atoms with van der Waals surface area (Å²) < 4.78 is 2.08. The van der Waals surface area contributed by atoms with Gasteiger partial charge in [-0.25, -0.2) is 15.0 Å². The number of imidazole rings is 1. The van der Waals surface area contributed by atoms with Gasteiger partial charge in [-0.1, -0.05) is 48.5 Å². The minimum absolute atomic E-state index is 0.0150. The average Bonchev–Trinajstić information content (AvgIpc) is 3.23. The molecule has 0 radical (unpaired) electrons. The molecule has 1 aliphatic rings. The van der Waals surface area contributed by atoms with E-state index < -0.39 is 0 Å². The molecule has 5 aromatic rings. The van der Waals surface area contributed by atoms with Crippen LogP contribution in [0.25, 0.3) is 38.9 Å². The van der Waals surface area contributed by atoms with Crippen molar-refractivity contribution in [1.82, 2.24) is 24.7 Å². The van der Waals surface area contributed by atoms with Crippen molar-refractivity contribution in [2.24, 2.45) is 5.92 Å². The van der Waals surface area contributed by atoms with Crippen LogP contribution in [-0.2, 0) is 4.79 Å². The number of anilines is 1. The topological polar surface area (TPSA) is 98.2 Å². The molecule has 0 unspecified atom stereocenters. The number of aromatic nitrogens is 4. The highest BCUT2D eigenvalue weighted by molar-refractivity contribution is 5.91. The minimum Gasteiger partial charge on any atom is -0.382 e. The van der Waals surface area contributed by atoms with Gasteiger partial charge in [0.15, 0.2) is 0 Å². The maximum Gasteiger partial charge on any atom is 0.216 e. The Hall–Kier alpha value is -4.26. The van der Waals surface area contributed by atoms with E-state index in [2.05, 4.69) is 57.2 Å². The molecule has 174 valence electrons. The highest BCUT2D eigenvalue weighted by Gasteiger charge is 2.34. The molecule has 0 saturated heterocycles. The zero-order chi connectivity index (χ0) is 23.9. The summed E-state index contributed by atoms with van der Waals surface area (Å²) in [5.74, 6) is 2.26. The number of benzene rings is 2. The molecule has 0 aliphatic heterocycles. The smallest absolute Gasteiger partial charge is 0.216 e. The number of carbonyl (C=O) groups is 1. The van der Waals surface area contributed by atoms with E-state index in [1.807, 2.05) is 24.4 Å². The number of pyridine rings is 1. The Morgan fingerprint density at radius 1 is 1.06 bits per heavy atom. The second kappa shape index (κ2) is 8.51. The van der Waals surface area contributed by atoms with Crippen molar-refractivity contribution >= 4 is 28.1 Å². The lowest BCUT2D eigenvalue weighted by Crippen LogP contribution is -2.34. The van der Waals surface area contributed by atoms with Crippen LogP contribution in [0.15, 0.2) is 73.1 Å². The molecular weight excluding hydrogens is 436 g/mol. The predicted octanol–water partition coefficient (Wildman–Crippen LogP) is 4.82. The van der Waals surface area contributed by atoms with Crippen molar-refractivity contribution in [3.63, 3.8) is 0 Å². The van der Waals surface area contributed by atoms with E-state index in [4.69, 9.17) is 15.7 Å². The summed E-state index contributed by atoms with van der Waals surface area (Å²) >= 11 is 0. The molecule has 3 heterocycles. The quantitative estimate of drug-likeness (QED) is 0.390. The number of nitrogens with zero attached hydrogens (tertiary/aromatic N) is 4. The molecule has 7 nitrogen and oxygen atoms in total. The minimum atomic E-state index is 0.0150. The number of nitrogens with two attached hydrogens (primary N) is 1. The number of nitrogen functional groups attached to an aromatic ring is 1. The number of rotatable bonds is 5. The summed E-state index contributed by atoms with van der Waals surface area (Å²) in [6, 6.07) is 20.6. The zero-order valence-electron chi connectivity index (χ0n) is 19.5. The summed E-state index contributed by atoms with van der Waals surface area (Å²) in [5.41, 5.74) is 11.9. The standard InChI is InChI=1S/C28H26N6O/c1-17(35)31-16-18-13-22(14-18)28-33-25(26-27(29)30-11-12-34(26)28)21-8-7-20-9-10-23(32-24(20)15-21)19-5-3-2-4-6-19/h2-12,15,18,22H,13-14,16H2,1H3,(H2,29,30)(H,31,35). The van der Waals surface area contributed by atoms with E-state index in [-0.39, 0.29) is 5.91 Å². The first-order chi connectivity index (χ1) is 17.1. The number of hydrogen-bond donors (Lipinski definition) is 2. The SMILES string of the molecule is CC(=O)NCC1CC(c2nc(-c3ccc4ccc(-c5ccccc5)nc4c3)c3c(N)nccn23)C1. The van der Waals surface area contributed by atoms with E-state index in [0.717, 1.165) is 57.6 Å². The van der Waals surface area contributed by atoms with Crippen molar-refractivity contribution in [1.29, 1.82) is 0 Å². The molecular formula is C28H26N6O. The van der Waals surface area contributed by atoms with Gasteiger partial charge >= 0.3 is 0 Å². The number of fused-ring (bicyclic) bond motifs is 2. The van der Waals surface area contributed by atoms with Gasteiger partial charge in [0.05, 0.1) is 11.2 Å². The monoisotopic (exact) mass is 462 g/mol. The van der Waals surface area contributed by atoms with Crippen LogP contribution in [0.5, 0.6) is 0 Å². The van der Waals surface area contributed by atoms with E-state index in [0.29, 0.717) is 24.2 Å². The Bertz CT molecular complexity index is 1550. The van der Waals surface area contributed by atoms with Gasteiger partial charge < -0.3 is 11.1 Å². The zero-order valence-corrected chi connectivity index (χ0v) is 19.5. The molecule has 0 atom stereocenters. The first-order valence-corrected chi connectivity index (χ1v) is 11.9. The Kier molecular flexibility index (Phi) is 5.17. The number of hydrogen-bond acceptors (Lipinski definition) is 5. The van der Waals surface area contributed by atoms with Gasteiger partial charge in [-0.2, -0.15) is 0 Å². The van der Waals surface area contributed by atoms with Crippen LogP contribution in [-0.4, -0.2) is 31.8 Å². The summed E-state index contributed by atoms with van der Waals surface area (Å²) in [7, 11) is 0. The van der Waals surface area contributed by atoms with Crippen LogP contribution in [0.2, 0.25) is 0 Å². The molecule has 6 rings (SSSR count). The lowest BCUT2D eigenvalue weighted by Gasteiger charge is -2.34. The van der Waals surface area contributed by atoms with Crippen LogP contribution >= 0.6 is 0 Å². The lowest BCUT2D eigenvalue weighted by atomic mass is 9.74. The molecule has 1 aliphatic carbocycles. The van der Waals surface area contributed by atoms with Crippen molar-refractivity contribution in [2.45, 2.75) is 25.7 Å².